The Morgan fingerprint density at radius 2 is 1.58 bits per heavy atom. The third-order valence-corrected chi connectivity index (χ3v) is 3.09. The molecular weight excluding hydrogens is 164 g/mol. The van der Waals surface area contributed by atoms with Gasteiger partial charge in [-0.25, -0.2) is 0 Å². The fourth-order valence-corrected chi connectivity index (χ4v) is 2.19. The monoisotopic (exact) mass is 187 g/mol. The van der Waals surface area contributed by atoms with E-state index >= 15 is 0 Å². The van der Waals surface area contributed by atoms with Crippen LogP contribution in [0.2, 0.25) is 0 Å². The molecule has 12 heavy (non-hydrogen) atoms. The van der Waals surface area contributed by atoms with E-state index < -0.39 is 0 Å². The summed E-state index contributed by atoms with van der Waals surface area (Å²) >= 11 is 2.12. The molecule has 0 aromatic rings. The molecule has 0 N–H and O–H groups in total. The van der Waals surface area contributed by atoms with Crippen LogP contribution in [0.4, 0.5) is 0 Å². The molecule has 0 heterocycles. The maximum Gasteiger partial charge on any atom is -0.00675 e. The van der Waals surface area contributed by atoms with Crippen LogP contribution < -0.4 is 0 Å². The van der Waals surface area contributed by atoms with Crippen LogP contribution in [0.15, 0.2) is 0 Å². The highest BCUT2D eigenvalue weighted by molar-refractivity contribution is 7.99. The van der Waals surface area contributed by atoms with Crippen molar-refractivity contribution in [1.82, 2.24) is 0 Å². The number of hydrogen-bond acceptors (Lipinski definition) is 1. The van der Waals surface area contributed by atoms with Crippen molar-refractivity contribution in [3.63, 3.8) is 0 Å². The number of unbranched alkanes of at least 4 members (excludes halogenated alkanes) is 5. The second-order valence-electron chi connectivity index (χ2n) is 3.23. The standard InChI is InChI=1S/C11H23S/c1-3-5-7-8-9-11-12-10-6-4-2/h1,3-11H2,2H3. The van der Waals surface area contributed by atoms with Crippen molar-refractivity contribution in [3.05, 3.63) is 6.92 Å². The van der Waals surface area contributed by atoms with Crippen molar-refractivity contribution in [2.24, 2.45) is 0 Å². The van der Waals surface area contributed by atoms with Crippen LogP contribution in [0, 0.1) is 6.92 Å². The van der Waals surface area contributed by atoms with E-state index in [0.717, 1.165) is 6.42 Å². The summed E-state index contributed by atoms with van der Waals surface area (Å²) in [7, 11) is 0. The van der Waals surface area contributed by atoms with Gasteiger partial charge in [-0.1, -0.05) is 46.0 Å². The smallest absolute Gasteiger partial charge is 0.00675 e. The van der Waals surface area contributed by atoms with Gasteiger partial charge in [0.15, 0.2) is 0 Å². The second kappa shape index (κ2) is 11.4. The van der Waals surface area contributed by atoms with Gasteiger partial charge in [0.05, 0.1) is 0 Å². The predicted molar refractivity (Wildman–Crippen MR) is 60.7 cm³/mol. The summed E-state index contributed by atoms with van der Waals surface area (Å²) in [6, 6.07) is 0. The van der Waals surface area contributed by atoms with E-state index in [1.807, 2.05) is 0 Å². The van der Waals surface area contributed by atoms with Gasteiger partial charge in [-0.2, -0.15) is 11.8 Å². The molecule has 0 saturated heterocycles. The van der Waals surface area contributed by atoms with Crippen LogP contribution in [-0.2, 0) is 0 Å². The van der Waals surface area contributed by atoms with E-state index in [4.69, 9.17) is 0 Å². The molecule has 0 spiro atoms. The molecule has 0 aliphatic carbocycles. The quantitative estimate of drug-likeness (QED) is 0.485. The van der Waals surface area contributed by atoms with Gasteiger partial charge in [0, 0.05) is 0 Å². The van der Waals surface area contributed by atoms with E-state index in [9.17, 15) is 0 Å². The molecular formula is C11H23S. The SMILES string of the molecule is [CH2]CCCCCCSCCCC. The highest BCUT2D eigenvalue weighted by atomic mass is 32.2. The first-order chi connectivity index (χ1) is 5.91. The van der Waals surface area contributed by atoms with Crippen molar-refractivity contribution < 1.29 is 0 Å². The van der Waals surface area contributed by atoms with Crippen molar-refractivity contribution >= 4 is 11.8 Å². The Kier molecular flexibility index (Phi) is 11.7. The van der Waals surface area contributed by atoms with E-state index in [0.29, 0.717) is 0 Å². The summed E-state index contributed by atoms with van der Waals surface area (Å²) in [5.41, 5.74) is 0. The molecule has 73 valence electrons. The normalized spacial score (nSPS) is 10.5. The third kappa shape index (κ3) is 10.3. The summed E-state index contributed by atoms with van der Waals surface area (Å²) in [6.07, 6.45) is 9.38. The Balaban J connectivity index is 2.73. The summed E-state index contributed by atoms with van der Waals surface area (Å²) in [5.74, 6) is 2.74. The van der Waals surface area contributed by atoms with Gasteiger partial charge >= 0.3 is 0 Å². The largest absolute Gasteiger partial charge is 0.162 e. The topological polar surface area (TPSA) is 0 Å². The van der Waals surface area contributed by atoms with Crippen molar-refractivity contribution in [2.45, 2.75) is 51.9 Å². The lowest BCUT2D eigenvalue weighted by Crippen LogP contribution is -1.84. The van der Waals surface area contributed by atoms with Gasteiger partial charge in [-0.3, -0.25) is 0 Å². The Bertz CT molecular complexity index is 61.4. The molecule has 0 bridgehead atoms. The molecule has 0 amide bonds. The molecule has 0 atom stereocenters. The molecule has 0 unspecified atom stereocenters. The van der Waals surface area contributed by atoms with E-state index in [2.05, 4.69) is 25.6 Å². The molecule has 0 rings (SSSR count). The van der Waals surface area contributed by atoms with Crippen molar-refractivity contribution in [2.75, 3.05) is 11.5 Å². The molecule has 0 aromatic heterocycles. The maximum atomic E-state index is 3.84. The fraction of sp³-hybridized carbons (Fsp3) is 0.909. The molecule has 1 radical (unpaired) electrons. The molecule has 0 aromatic carbocycles. The molecule has 0 aliphatic rings. The molecule has 0 aliphatic heterocycles. The zero-order valence-corrected chi connectivity index (χ0v) is 9.30. The third-order valence-electron chi connectivity index (χ3n) is 1.93. The van der Waals surface area contributed by atoms with E-state index in [-0.39, 0.29) is 0 Å². The number of hydrogen-bond donors (Lipinski definition) is 0. The van der Waals surface area contributed by atoms with Gasteiger partial charge in [0.1, 0.15) is 0 Å². The lowest BCUT2D eigenvalue weighted by Gasteiger charge is -2.00. The molecule has 1 heteroatoms. The van der Waals surface area contributed by atoms with Gasteiger partial charge in [0.2, 0.25) is 0 Å². The van der Waals surface area contributed by atoms with Crippen LogP contribution in [0.5, 0.6) is 0 Å². The van der Waals surface area contributed by atoms with Gasteiger partial charge < -0.3 is 0 Å². The van der Waals surface area contributed by atoms with Gasteiger partial charge in [0.25, 0.3) is 0 Å². The van der Waals surface area contributed by atoms with Crippen molar-refractivity contribution in [1.29, 1.82) is 0 Å². The Morgan fingerprint density at radius 3 is 2.25 bits per heavy atom. The first-order valence-electron chi connectivity index (χ1n) is 5.28. The maximum absolute atomic E-state index is 3.84. The van der Waals surface area contributed by atoms with Crippen LogP contribution in [0.25, 0.3) is 0 Å². The van der Waals surface area contributed by atoms with E-state index in [1.54, 1.807) is 0 Å². The minimum absolute atomic E-state index is 1.11. The molecule has 0 nitrogen and oxygen atoms in total. The fourth-order valence-electron chi connectivity index (χ4n) is 1.08. The Labute approximate surface area is 82.5 Å². The Hall–Kier alpha value is 0.350. The summed E-state index contributed by atoms with van der Waals surface area (Å²) in [6.45, 7) is 6.10. The highest BCUT2D eigenvalue weighted by Gasteiger charge is 1.90. The average molecular weight is 187 g/mol. The van der Waals surface area contributed by atoms with E-state index in [1.165, 1.54) is 50.0 Å². The number of thioether (sulfide) groups is 1. The minimum atomic E-state index is 1.11. The zero-order chi connectivity index (χ0) is 9.07. The zero-order valence-electron chi connectivity index (χ0n) is 8.48. The molecule has 0 saturated carbocycles. The van der Waals surface area contributed by atoms with Crippen LogP contribution in [0.3, 0.4) is 0 Å². The predicted octanol–water partition coefficient (Wildman–Crippen LogP) is 4.30. The summed E-state index contributed by atoms with van der Waals surface area (Å²) < 4.78 is 0. The second-order valence-corrected chi connectivity index (χ2v) is 4.46. The summed E-state index contributed by atoms with van der Waals surface area (Å²) in [4.78, 5) is 0. The van der Waals surface area contributed by atoms with Crippen LogP contribution in [-0.4, -0.2) is 11.5 Å². The minimum Gasteiger partial charge on any atom is -0.162 e. The van der Waals surface area contributed by atoms with Crippen molar-refractivity contribution in [3.8, 4) is 0 Å². The van der Waals surface area contributed by atoms with Gasteiger partial charge in [-0.05, 0) is 24.3 Å². The average Bonchev–Trinajstić information content (AvgIpc) is 2.10. The number of rotatable bonds is 9. The first-order valence-corrected chi connectivity index (χ1v) is 6.44. The van der Waals surface area contributed by atoms with Crippen LogP contribution >= 0.6 is 11.8 Å². The van der Waals surface area contributed by atoms with Gasteiger partial charge in [-0.15, -0.1) is 0 Å². The Morgan fingerprint density at radius 1 is 0.917 bits per heavy atom. The first kappa shape index (κ1) is 12.3. The lowest BCUT2D eigenvalue weighted by atomic mass is 10.2. The molecule has 0 fully saturated rings. The lowest BCUT2D eigenvalue weighted by molar-refractivity contribution is 0.677. The summed E-state index contributed by atoms with van der Waals surface area (Å²) in [5, 5.41) is 0. The highest BCUT2D eigenvalue weighted by Crippen LogP contribution is 2.10. The van der Waals surface area contributed by atoms with Crippen LogP contribution in [0.1, 0.15) is 51.9 Å².